The van der Waals surface area contributed by atoms with Crippen molar-refractivity contribution in [2.45, 2.75) is 13.5 Å². The summed E-state index contributed by atoms with van der Waals surface area (Å²) in [7, 11) is 0. The molecule has 1 amide bonds. The van der Waals surface area contributed by atoms with Gasteiger partial charge < -0.3 is 14.9 Å². The number of hydrogen-bond donors (Lipinski definition) is 2. The lowest BCUT2D eigenvalue weighted by atomic mass is 10.2. The maximum atomic E-state index is 12.1. The molecule has 0 saturated carbocycles. The summed E-state index contributed by atoms with van der Waals surface area (Å²) < 4.78 is 5.21. The van der Waals surface area contributed by atoms with Crippen molar-refractivity contribution in [1.82, 2.24) is 20.4 Å². The van der Waals surface area contributed by atoms with Crippen LogP contribution in [0.15, 0.2) is 47.1 Å². The number of carbonyl (C=O) groups is 2. The maximum Gasteiger partial charge on any atom is 0.337 e. The molecule has 0 aliphatic heterocycles. The largest absolute Gasteiger partial charge is 0.478 e. The van der Waals surface area contributed by atoms with Crippen LogP contribution in [0.3, 0.4) is 0 Å². The first-order valence-electron chi connectivity index (χ1n) is 7.40. The number of hydrogen-bond acceptors (Lipinski definition) is 6. The number of carboxylic acids is 1. The number of amides is 1. The molecule has 2 N–H and O–H groups in total. The van der Waals surface area contributed by atoms with Gasteiger partial charge in [-0.25, -0.2) is 9.78 Å². The molecule has 0 spiro atoms. The third-order valence-corrected chi connectivity index (χ3v) is 3.46. The van der Waals surface area contributed by atoms with Crippen LogP contribution < -0.4 is 5.32 Å². The number of carboxylic acid groups (broad SMARTS) is 1. The molecule has 0 aliphatic carbocycles. The third-order valence-electron chi connectivity index (χ3n) is 3.46. The summed E-state index contributed by atoms with van der Waals surface area (Å²) in [5.74, 6) is -1.01. The molecule has 0 bridgehead atoms. The summed E-state index contributed by atoms with van der Waals surface area (Å²) in [6.07, 6.45) is 1.65. The van der Waals surface area contributed by atoms with Crippen molar-refractivity contribution in [2.75, 3.05) is 0 Å². The smallest absolute Gasteiger partial charge is 0.337 e. The van der Waals surface area contributed by atoms with E-state index in [0.29, 0.717) is 17.1 Å². The summed E-state index contributed by atoms with van der Waals surface area (Å²) >= 11 is 0. The summed E-state index contributed by atoms with van der Waals surface area (Å²) in [5.41, 5.74) is 1.66. The number of rotatable bonds is 5. The van der Waals surface area contributed by atoms with E-state index >= 15 is 0 Å². The fraction of sp³-hybridized carbons (Fsp3) is 0.118. The lowest BCUT2D eigenvalue weighted by molar-refractivity contribution is 0.0694. The van der Waals surface area contributed by atoms with Gasteiger partial charge in [0.1, 0.15) is 17.1 Å². The highest BCUT2D eigenvalue weighted by atomic mass is 16.5. The highest BCUT2D eigenvalue weighted by molar-refractivity contribution is 5.94. The maximum absolute atomic E-state index is 12.1. The molecule has 25 heavy (non-hydrogen) atoms. The Morgan fingerprint density at radius 1 is 1.24 bits per heavy atom. The molecule has 0 aromatic carbocycles. The van der Waals surface area contributed by atoms with Gasteiger partial charge in [0, 0.05) is 12.3 Å². The van der Waals surface area contributed by atoms with Crippen molar-refractivity contribution < 1.29 is 19.2 Å². The Labute approximate surface area is 142 Å². The molecule has 3 aromatic rings. The minimum absolute atomic E-state index is 0.0630. The van der Waals surface area contributed by atoms with E-state index in [0.717, 1.165) is 0 Å². The molecule has 8 nitrogen and oxygen atoms in total. The van der Waals surface area contributed by atoms with Gasteiger partial charge in [-0.05, 0) is 31.2 Å². The van der Waals surface area contributed by atoms with Crippen LogP contribution in [0.5, 0.6) is 0 Å². The molecular weight excluding hydrogens is 324 g/mol. The molecule has 126 valence electrons. The van der Waals surface area contributed by atoms with Crippen LogP contribution in [0.2, 0.25) is 0 Å². The van der Waals surface area contributed by atoms with E-state index in [9.17, 15) is 9.59 Å². The Kier molecular flexibility index (Phi) is 4.51. The van der Waals surface area contributed by atoms with Gasteiger partial charge >= 0.3 is 5.97 Å². The molecule has 0 atom stereocenters. The van der Waals surface area contributed by atoms with E-state index in [1.54, 1.807) is 24.4 Å². The standard InChI is InChI=1S/C17H14N4O4/c1-10-12(17(23)24)5-6-14(20-10)16(22)19-9-11-8-15(25-21-11)13-4-2-3-7-18-13/h2-8H,9H2,1H3,(H,19,22)(H,23,24). The summed E-state index contributed by atoms with van der Waals surface area (Å²) in [6, 6.07) is 9.84. The van der Waals surface area contributed by atoms with E-state index in [1.165, 1.54) is 19.1 Å². The van der Waals surface area contributed by atoms with Crippen molar-refractivity contribution >= 4 is 11.9 Å². The predicted molar refractivity (Wildman–Crippen MR) is 86.8 cm³/mol. The SMILES string of the molecule is Cc1nc(C(=O)NCc2cc(-c3ccccn3)on2)ccc1C(=O)O. The predicted octanol–water partition coefficient (Wildman–Crippen LogP) is 2.07. The molecule has 8 heteroatoms. The average molecular weight is 338 g/mol. The van der Waals surface area contributed by atoms with Crippen molar-refractivity contribution in [2.24, 2.45) is 0 Å². The Morgan fingerprint density at radius 2 is 2.08 bits per heavy atom. The zero-order chi connectivity index (χ0) is 17.8. The zero-order valence-electron chi connectivity index (χ0n) is 13.3. The van der Waals surface area contributed by atoms with Gasteiger partial charge in [-0.15, -0.1) is 0 Å². The lowest BCUT2D eigenvalue weighted by Crippen LogP contribution is -2.24. The van der Waals surface area contributed by atoms with Crippen LogP contribution in [0, 0.1) is 6.92 Å². The van der Waals surface area contributed by atoms with Crippen molar-refractivity contribution in [3.05, 3.63) is 65.2 Å². The first kappa shape index (κ1) is 16.3. The molecule has 0 radical (unpaired) electrons. The summed E-state index contributed by atoms with van der Waals surface area (Å²) in [6.45, 7) is 1.69. The van der Waals surface area contributed by atoms with Crippen LogP contribution in [0.25, 0.3) is 11.5 Å². The molecule has 0 unspecified atom stereocenters. The quantitative estimate of drug-likeness (QED) is 0.731. The monoisotopic (exact) mass is 338 g/mol. The first-order chi connectivity index (χ1) is 12.0. The number of nitrogens with zero attached hydrogens (tertiary/aromatic N) is 3. The molecule has 3 heterocycles. The highest BCUT2D eigenvalue weighted by Crippen LogP contribution is 2.17. The Balaban J connectivity index is 1.66. The van der Waals surface area contributed by atoms with Gasteiger partial charge in [0.05, 0.1) is 17.8 Å². The number of aromatic nitrogens is 3. The normalized spacial score (nSPS) is 10.4. The number of aryl methyl sites for hydroxylation is 1. The van der Waals surface area contributed by atoms with Crippen LogP contribution in [-0.2, 0) is 6.54 Å². The third kappa shape index (κ3) is 3.69. The van der Waals surface area contributed by atoms with Crippen LogP contribution in [0.4, 0.5) is 0 Å². The van der Waals surface area contributed by atoms with Crippen molar-refractivity contribution in [1.29, 1.82) is 0 Å². The van der Waals surface area contributed by atoms with Gasteiger partial charge in [-0.3, -0.25) is 9.78 Å². The van der Waals surface area contributed by atoms with Gasteiger partial charge in [0.25, 0.3) is 5.91 Å². The van der Waals surface area contributed by atoms with Gasteiger partial charge in [-0.1, -0.05) is 11.2 Å². The van der Waals surface area contributed by atoms with E-state index < -0.39 is 11.9 Å². The van der Waals surface area contributed by atoms with E-state index in [4.69, 9.17) is 9.63 Å². The fourth-order valence-corrected chi connectivity index (χ4v) is 2.20. The minimum atomic E-state index is -1.08. The summed E-state index contributed by atoms with van der Waals surface area (Å²) in [4.78, 5) is 31.3. The van der Waals surface area contributed by atoms with Gasteiger partial charge in [0.15, 0.2) is 5.76 Å². The Bertz CT molecular complexity index is 921. The minimum Gasteiger partial charge on any atom is -0.478 e. The number of nitrogens with one attached hydrogen (secondary N) is 1. The van der Waals surface area contributed by atoms with E-state index in [-0.39, 0.29) is 23.5 Å². The molecule has 0 saturated heterocycles. The molecular formula is C17H14N4O4. The highest BCUT2D eigenvalue weighted by Gasteiger charge is 2.14. The van der Waals surface area contributed by atoms with Crippen LogP contribution in [-0.4, -0.2) is 32.1 Å². The molecule has 3 rings (SSSR count). The second-order valence-corrected chi connectivity index (χ2v) is 5.21. The molecule has 0 fully saturated rings. The second-order valence-electron chi connectivity index (χ2n) is 5.21. The van der Waals surface area contributed by atoms with Crippen molar-refractivity contribution in [3.63, 3.8) is 0 Å². The average Bonchev–Trinajstić information content (AvgIpc) is 3.09. The lowest BCUT2D eigenvalue weighted by Gasteiger charge is -2.05. The topological polar surface area (TPSA) is 118 Å². The number of pyridine rings is 2. The van der Waals surface area contributed by atoms with Crippen molar-refractivity contribution in [3.8, 4) is 11.5 Å². The van der Waals surface area contributed by atoms with Gasteiger partial charge in [-0.2, -0.15) is 0 Å². The second kappa shape index (κ2) is 6.91. The Morgan fingerprint density at radius 3 is 2.76 bits per heavy atom. The summed E-state index contributed by atoms with van der Waals surface area (Å²) in [5, 5.41) is 15.5. The van der Waals surface area contributed by atoms with Crippen LogP contribution in [0.1, 0.15) is 32.2 Å². The Hall–Kier alpha value is -3.55. The van der Waals surface area contributed by atoms with Gasteiger partial charge in [0.2, 0.25) is 0 Å². The van der Waals surface area contributed by atoms with E-state index in [2.05, 4.69) is 20.4 Å². The zero-order valence-corrected chi connectivity index (χ0v) is 13.3. The van der Waals surface area contributed by atoms with Crippen LogP contribution >= 0.6 is 0 Å². The molecule has 3 aromatic heterocycles. The molecule has 0 aliphatic rings. The number of aromatic carboxylic acids is 1. The fourth-order valence-electron chi connectivity index (χ4n) is 2.20. The first-order valence-corrected chi connectivity index (χ1v) is 7.40. The number of carbonyl (C=O) groups excluding carboxylic acids is 1. The van der Waals surface area contributed by atoms with E-state index in [1.807, 2.05) is 6.07 Å².